The van der Waals surface area contributed by atoms with Crippen LogP contribution in [0.1, 0.15) is 23.7 Å². The molecule has 0 unspecified atom stereocenters. The Morgan fingerprint density at radius 3 is 1.31 bits per heavy atom. The van der Waals surface area contributed by atoms with Crippen molar-refractivity contribution in [2.75, 3.05) is 0 Å². The second kappa shape index (κ2) is 4.19. The molecule has 0 saturated heterocycles. The lowest BCUT2D eigenvalue weighted by Crippen LogP contribution is -1.96. The molecule has 0 aliphatic heterocycles. The van der Waals surface area contributed by atoms with Crippen LogP contribution in [0.5, 0.6) is 0 Å². The molecule has 0 bridgehead atoms. The molecule has 0 aliphatic rings. The van der Waals surface area contributed by atoms with Gasteiger partial charge in [0.05, 0.1) is 0 Å². The van der Waals surface area contributed by atoms with Crippen LogP contribution in [0.2, 0.25) is 0 Å². The van der Waals surface area contributed by atoms with E-state index in [2.05, 4.69) is 0 Å². The highest BCUT2D eigenvalue weighted by atomic mass is 16.5. The quantitative estimate of drug-likeness (QED) is 0.564. The van der Waals surface area contributed by atoms with Crippen LogP contribution in [0.3, 0.4) is 0 Å². The molecule has 2 rings (SSSR count). The lowest BCUT2D eigenvalue weighted by molar-refractivity contribution is -0.0431. The highest BCUT2D eigenvalue weighted by Crippen LogP contribution is 2.22. The van der Waals surface area contributed by atoms with Crippen molar-refractivity contribution in [1.82, 2.24) is 0 Å². The number of benzene rings is 2. The van der Waals surface area contributed by atoms with Crippen LogP contribution >= 0.6 is 0 Å². The second-order valence-corrected chi connectivity index (χ2v) is 3.61. The van der Waals surface area contributed by atoms with Gasteiger partial charge in [-0.3, -0.25) is 0 Å². The molecule has 2 aromatic carbocycles. The fourth-order valence-electron chi connectivity index (χ4n) is 1.60. The van der Waals surface area contributed by atoms with Crippen LogP contribution < -0.4 is 0 Å². The van der Waals surface area contributed by atoms with E-state index in [1.807, 2.05) is 0 Å². The average molecular weight is 220 g/mol. The average Bonchev–Trinajstić information content (AvgIpc) is 2.27. The smallest absolute Gasteiger partial charge is 0.178 e. The molecule has 0 amide bonds. The minimum absolute atomic E-state index is 0.407. The zero-order valence-corrected chi connectivity index (χ0v) is 8.41. The van der Waals surface area contributed by atoms with E-state index in [4.69, 9.17) is 20.4 Å². The Hall–Kier alpha value is -1.46. The molecule has 4 nitrogen and oxygen atoms in total. The van der Waals surface area contributed by atoms with Crippen LogP contribution in [-0.4, -0.2) is 20.4 Å². The predicted octanol–water partition coefficient (Wildman–Crippen LogP) is 0.806. The monoisotopic (exact) mass is 220 g/mol. The van der Waals surface area contributed by atoms with Gasteiger partial charge in [0, 0.05) is 11.1 Å². The first-order valence-corrected chi connectivity index (χ1v) is 4.84. The standard InChI is InChI=1S/C12H12O4/c13-11(14)9-3-1-7-5-10(12(15)16)4-2-8(7)6-9/h1-6,11-16H. The third-order valence-electron chi connectivity index (χ3n) is 2.48. The first-order valence-electron chi connectivity index (χ1n) is 4.84. The Balaban J connectivity index is 2.53. The van der Waals surface area contributed by atoms with Gasteiger partial charge >= 0.3 is 0 Å². The van der Waals surface area contributed by atoms with E-state index in [0.717, 1.165) is 10.8 Å². The van der Waals surface area contributed by atoms with Crippen LogP contribution in [-0.2, 0) is 0 Å². The molecule has 2 aromatic rings. The molecule has 0 heterocycles. The molecule has 0 radical (unpaired) electrons. The maximum atomic E-state index is 9.00. The summed E-state index contributed by atoms with van der Waals surface area (Å²) in [4.78, 5) is 0. The summed E-state index contributed by atoms with van der Waals surface area (Å²) in [5.41, 5.74) is 0.814. The van der Waals surface area contributed by atoms with Gasteiger partial charge < -0.3 is 20.4 Å². The normalized spacial score (nSPS) is 11.6. The van der Waals surface area contributed by atoms with Gasteiger partial charge in [-0.1, -0.05) is 24.3 Å². The summed E-state index contributed by atoms with van der Waals surface area (Å²) in [7, 11) is 0. The number of aliphatic hydroxyl groups excluding tert-OH is 2. The summed E-state index contributed by atoms with van der Waals surface area (Å²) in [6, 6.07) is 9.87. The van der Waals surface area contributed by atoms with Crippen LogP contribution in [0.25, 0.3) is 10.8 Å². The van der Waals surface area contributed by atoms with Crippen molar-refractivity contribution < 1.29 is 20.4 Å². The SMILES string of the molecule is OC(O)c1ccc2cc(C(O)O)ccc2c1. The third kappa shape index (κ3) is 2.05. The summed E-state index contributed by atoms with van der Waals surface area (Å²) >= 11 is 0. The molecular weight excluding hydrogens is 208 g/mol. The topological polar surface area (TPSA) is 80.9 Å². The zero-order chi connectivity index (χ0) is 11.7. The zero-order valence-electron chi connectivity index (χ0n) is 8.41. The molecule has 4 N–H and O–H groups in total. The summed E-state index contributed by atoms with van der Waals surface area (Å²) in [6.07, 6.45) is -2.99. The fourth-order valence-corrected chi connectivity index (χ4v) is 1.60. The number of aliphatic hydroxyl groups is 4. The summed E-state index contributed by atoms with van der Waals surface area (Å²) < 4.78 is 0. The van der Waals surface area contributed by atoms with Crippen molar-refractivity contribution in [2.24, 2.45) is 0 Å². The minimum atomic E-state index is -1.49. The maximum Gasteiger partial charge on any atom is 0.178 e. The number of hydrogen-bond acceptors (Lipinski definition) is 4. The summed E-state index contributed by atoms with van der Waals surface area (Å²) in [5, 5.41) is 37.6. The lowest BCUT2D eigenvalue weighted by Gasteiger charge is -2.08. The molecule has 0 aliphatic carbocycles. The van der Waals surface area contributed by atoms with Gasteiger partial charge in [-0.25, -0.2) is 0 Å². The van der Waals surface area contributed by atoms with Gasteiger partial charge in [-0.05, 0) is 22.9 Å². The molecule has 0 fully saturated rings. The summed E-state index contributed by atoms with van der Waals surface area (Å²) in [5.74, 6) is 0. The van der Waals surface area contributed by atoms with Gasteiger partial charge in [0.25, 0.3) is 0 Å². The fraction of sp³-hybridized carbons (Fsp3) is 0.167. The Morgan fingerprint density at radius 1 is 0.625 bits per heavy atom. The van der Waals surface area contributed by atoms with Crippen LogP contribution in [0, 0.1) is 0 Å². The Bertz CT molecular complexity index is 458. The van der Waals surface area contributed by atoms with Gasteiger partial charge in [0.15, 0.2) is 12.6 Å². The molecule has 0 spiro atoms. The summed E-state index contributed by atoms with van der Waals surface area (Å²) in [6.45, 7) is 0. The van der Waals surface area contributed by atoms with Crippen molar-refractivity contribution >= 4 is 10.8 Å². The van der Waals surface area contributed by atoms with Crippen molar-refractivity contribution in [2.45, 2.75) is 12.6 Å². The molecule has 0 aromatic heterocycles. The van der Waals surface area contributed by atoms with E-state index < -0.39 is 12.6 Å². The van der Waals surface area contributed by atoms with Crippen molar-refractivity contribution in [1.29, 1.82) is 0 Å². The lowest BCUT2D eigenvalue weighted by atomic mass is 10.0. The van der Waals surface area contributed by atoms with Crippen molar-refractivity contribution in [3.63, 3.8) is 0 Å². The first-order chi connectivity index (χ1) is 7.58. The van der Waals surface area contributed by atoms with E-state index in [9.17, 15) is 0 Å². The van der Waals surface area contributed by atoms with Crippen molar-refractivity contribution in [3.8, 4) is 0 Å². The Kier molecular flexibility index (Phi) is 2.89. The third-order valence-corrected chi connectivity index (χ3v) is 2.48. The first kappa shape index (κ1) is 11.0. The van der Waals surface area contributed by atoms with Crippen LogP contribution in [0.4, 0.5) is 0 Å². The largest absolute Gasteiger partial charge is 0.364 e. The predicted molar refractivity (Wildman–Crippen MR) is 58.3 cm³/mol. The number of rotatable bonds is 2. The van der Waals surface area contributed by atoms with E-state index >= 15 is 0 Å². The molecule has 84 valence electrons. The number of hydrogen-bond donors (Lipinski definition) is 4. The van der Waals surface area contributed by atoms with Gasteiger partial charge in [0.2, 0.25) is 0 Å². The second-order valence-electron chi connectivity index (χ2n) is 3.61. The number of fused-ring (bicyclic) bond motifs is 1. The van der Waals surface area contributed by atoms with E-state index in [0.29, 0.717) is 11.1 Å². The van der Waals surface area contributed by atoms with E-state index in [1.54, 1.807) is 36.4 Å². The van der Waals surface area contributed by atoms with E-state index in [-0.39, 0.29) is 0 Å². The molecular formula is C12H12O4. The van der Waals surface area contributed by atoms with Gasteiger partial charge in [0.1, 0.15) is 0 Å². The van der Waals surface area contributed by atoms with Crippen molar-refractivity contribution in [3.05, 3.63) is 47.5 Å². The molecule has 0 saturated carbocycles. The van der Waals surface area contributed by atoms with Gasteiger partial charge in [-0.15, -0.1) is 0 Å². The molecule has 16 heavy (non-hydrogen) atoms. The van der Waals surface area contributed by atoms with Crippen LogP contribution in [0.15, 0.2) is 36.4 Å². The Morgan fingerprint density at radius 2 is 1.00 bits per heavy atom. The minimum Gasteiger partial charge on any atom is -0.364 e. The highest BCUT2D eigenvalue weighted by Gasteiger charge is 2.06. The molecule has 0 atom stereocenters. The molecule has 4 heteroatoms. The van der Waals surface area contributed by atoms with E-state index in [1.165, 1.54) is 0 Å². The Labute approximate surface area is 92.0 Å². The highest BCUT2D eigenvalue weighted by molar-refractivity contribution is 5.83. The van der Waals surface area contributed by atoms with Gasteiger partial charge in [-0.2, -0.15) is 0 Å². The maximum absolute atomic E-state index is 9.00.